The molecule has 1 aliphatic heterocycles. The molecule has 0 radical (unpaired) electrons. The summed E-state index contributed by atoms with van der Waals surface area (Å²) in [5.41, 5.74) is 5.84. The predicted molar refractivity (Wildman–Crippen MR) is 61.6 cm³/mol. The molecule has 1 saturated heterocycles. The first-order valence-corrected chi connectivity index (χ1v) is 5.40. The average molecular weight is 209 g/mol. The van der Waals surface area contributed by atoms with Crippen molar-refractivity contribution >= 4 is 5.96 Å². The highest BCUT2D eigenvalue weighted by Gasteiger charge is 2.11. The topological polar surface area (TPSA) is 50.8 Å². The van der Waals surface area contributed by atoms with Crippen LogP contribution in [0.1, 0.15) is 19.3 Å². The van der Waals surface area contributed by atoms with Crippen molar-refractivity contribution in [1.82, 2.24) is 4.90 Å². The minimum Gasteiger partial charge on any atom is -0.378 e. The van der Waals surface area contributed by atoms with Crippen molar-refractivity contribution in [2.75, 3.05) is 32.8 Å². The van der Waals surface area contributed by atoms with Gasteiger partial charge in [-0.2, -0.15) is 0 Å². The summed E-state index contributed by atoms with van der Waals surface area (Å²) in [6.07, 6.45) is 8.01. The molecule has 15 heavy (non-hydrogen) atoms. The minimum absolute atomic E-state index is 0.638. The number of morpholine rings is 1. The molecule has 0 aromatic heterocycles. The largest absolute Gasteiger partial charge is 0.378 e. The summed E-state index contributed by atoms with van der Waals surface area (Å²) in [7, 11) is 0. The van der Waals surface area contributed by atoms with Crippen LogP contribution in [0.4, 0.5) is 0 Å². The molecule has 0 spiro atoms. The molecule has 4 heteroatoms. The number of hydrogen-bond donors (Lipinski definition) is 1. The lowest BCUT2D eigenvalue weighted by atomic mass is 10.2. The highest BCUT2D eigenvalue weighted by molar-refractivity contribution is 5.78. The summed E-state index contributed by atoms with van der Waals surface area (Å²) in [5.74, 6) is 3.25. The normalized spacial score (nSPS) is 17.5. The van der Waals surface area contributed by atoms with Gasteiger partial charge in [-0.25, -0.2) is 0 Å². The van der Waals surface area contributed by atoms with Gasteiger partial charge in [-0.3, -0.25) is 4.99 Å². The lowest BCUT2D eigenvalue weighted by molar-refractivity contribution is 0.0674. The summed E-state index contributed by atoms with van der Waals surface area (Å²) in [6, 6.07) is 0. The van der Waals surface area contributed by atoms with E-state index < -0.39 is 0 Å². The van der Waals surface area contributed by atoms with E-state index in [0.717, 1.165) is 52.1 Å². The van der Waals surface area contributed by atoms with E-state index >= 15 is 0 Å². The van der Waals surface area contributed by atoms with E-state index in [1.54, 1.807) is 0 Å². The second kappa shape index (κ2) is 7.13. The molecule has 0 aromatic rings. The zero-order valence-electron chi connectivity index (χ0n) is 9.11. The third-order valence-electron chi connectivity index (χ3n) is 2.34. The molecule has 0 atom stereocenters. The van der Waals surface area contributed by atoms with Crippen LogP contribution in [0.15, 0.2) is 4.99 Å². The Hall–Kier alpha value is -1.21. The molecule has 1 aliphatic rings. The van der Waals surface area contributed by atoms with E-state index in [9.17, 15) is 0 Å². The number of nitrogens with two attached hydrogens (primary N) is 1. The molecule has 0 aromatic carbocycles. The molecule has 1 fully saturated rings. The Balaban J connectivity index is 2.17. The van der Waals surface area contributed by atoms with Crippen LogP contribution >= 0.6 is 0 Å². The smallest absolute Gasteiger partial charge is 0.191 e. The van der Waals surface area contributed by atoms with Gasteiger partial charge in [0.15, 0.2) is 5.96 Å². The van der Waals surface area contributed by atoms with Gasteiger partial charge in [-0.05, 0) is 12.8 Å². The Kier molecular flexibility index (Phi) is 5.64. The third kappa shape index (κ3) is 4.71. The molecular formula is C11H19N3O. The first-order chi connectivity index (χ1) is 7.34. The Morgan fingerprint density at radius 1 is 1.40 bits per heavy atom. The van der Waals surface area contributed by atoms with Crippen molar-refractivity contribution in [1.29, 1.82) is 0 Å². The lowest BCUT2D eigenvalue weighted by Gasteiger charge is -2.27. The van der Waals surface area contributed by atoms with Gasteiger partial charge in [0, 0.05) is 26.1 Å². The molecule has 0 bridgehead atoms. The summed E-state index contributed by atoms with van der Waals surface area (Å²) in [4.78, 5) is 6.38. The fourth-order valence-corrected chi connectivity index (χ4v) is 1.42. The fourth-order valence-electron chi connectivity index (χ4n) is 1.42. The Morgan fingerprint density at radius 3 is 2.80 bits per heavy atom. The van der Waals surface area contributed by atoms with E-state index in [2.05, 4.69) is 15.8 Å². The van der Waals surface area contributed by atoms with E-state index in [-0.39, 0.29) is 0 Å². The van der Waals surface area contributed by atoms with Gasteiger partial charge in [0.1, 0.15) is 0 Å². The van der Waals surface area contributed by atoms with E-state index in [4.69, 9.17) is 16.9 Å². The van der Waals surface area contributed by atoms with Gasteiger partial charge in [-0.15, -0.1) is 12.3 Å². The van der Waals surface area contributed by atoms with Gasteiger partial charge in [0.2, 0.25) is 0 Å². The first kappa shape index (κ1) is 11.9. The molecule has 0 unspecified atom stereocenters. The standard InChI is InChI=1S/C11H19N3O/c1-2-3-4-5-6-13-11(12)14-7-9-15-10-8-14/h1H,3-10H2,(H2,12,13). The van der Waals surface area contributed by atoms with Gasteiger partial charge in [-0.1, -0.05) is 0 Å². The van der Waals surface area contributed by atoms with Gasteiger partial charge in [0.05, 0.1) is 13.2 Å². The van der Waals surface area contributed by atoms with Crippen LogP contribution in [0.3, 0.4) is 0 Å². The third-order valence-corrected chi connectivity index (χ3v) is 2.34. The number of unbranched alkanes of at least 4 members (excludes halogenated alkanes) is 2. The van der Waals surface area contributed by atoms with Crippen LogP contribution in [-0.4, -0.2) is 43.7 Å². The molecule has 4 nitrogen and oxygen atoms in total. The SMILES string of the molecule is C#CCCCCN=C(N)N1CCOCC1. The molecule has 0 saturated carbocycles. The molecule has 1 rings (SSSR count). The lowest BCUT2D eigenvalue weighted by Crippen LogP contribution is -2.44. The number of nitrogens with zero attached hydrogens (tertiary/aromatic N) is 2. The van der Waals surface area contributed by atoms with Crippen LogP contribution in [0.2, 0.25) is 0 Å². The van der Waals surface area contributed by atoms with Crippen molar-refractivity contribution in [3.8, 4) is 12.3 Å². The zero-order valence-corrected chi connectivity index (χ0v) is 9.11. The zero-order chi connectivity index (χ0) is 10.9. The molecule has 84 valence electrons. The first-order valence-electron chi connectivity index (χ1n) is 5.40. The average Bonchev–Trinajstić information content (AvgIpc) is 2.30. The summed E-state index contributed by atoms with van der Waals surface area (Å²) in [5, 5.41) is 0. The van der Waals surface area contributed by atoms with Crippen LogP contribution in [-0.2, 0) is 4.74 Å². The van der Waals surface area contributed by atoms with Gasteiger partial charge < -0.3 is 15.4 Å². The van der Waals surface area contributed by atoms with Crippen molar-refractivity contribution in [2.45, 2.75) is 19.3 Å². The van der Waals surface area contributed by atoms with Crippen molar-refractivity contribution in [3.05, 3.63) is 0 Å². The summed E-state index contributed by atoms with van der Waals surface area (Å²) >= 11 is 0. The maximum Gasteiger partial charge on any atom is 0.191 e. The second-order valence-electron chi connectivity index (χ2n) is 3.50. The van der Waals surface area contributed by atoms with Gasteiger partial charge >= 0.3 is 0 Å². The van der Waals surface area contributed by atoms with Crippen LogP contribution in [0, 0.1) is 12.3 Å². The highest BCUT2D eigenvalue weighted by atomic mass is 16.5. The molecule has 0 aliphatic carbocycles. The molecule has 1 heterocycles. The number of ether oxygens (including phenoxy) is 1. The van der Waals surface area contributed by atoms with E-state index in [0.29, 0.717) is 5.96 Å². The monoisotopic (exact) mass is 209 g/mol. The van der Waals surface area contributed by atoms with Crippen LogP contribution in [0.25, 0.3) is 0 Å². The van der Waals surface area contributed by atoms with Crippen molar-refractivity contribution in [3.63, 3.8) is 0 Å². The van der Waals surface area contributed by atoms with Crippen LogP contribution < -0.4 is 5.73 Å². The number of hydrogen-bond acceptors (Lipinski definition) is 2. The number of guanidine groups is 1. The minimum atomic E-state index is 0.638. The Bertz CT molecular complexity index is 239. The van der Waals surface area contributed by atoms with Crippen LogP contribution in [0.5, 0.6) is 0 Å². The van der Waals surface area contributed by atoms with E-state index in [1.165, 1.54) is 0 Å². The Labute approximate surface area is 91.5 Å². The summed E-state index contributed by atoms with van der Waals surface area (Å²) < 4.78 is 5.23. The number of terminal acetylenes is 1. The second-order valence-corrected chi connectivity index (χ2v) is 3.50. The van der Waals surface area contributed by atoms with Crippen molar-refractivity contribution < 1.29 is 4.74 Å². The van der Waals surface area contributed by atoms with E-state index in [1.807, 2.05) is 0 Å². The maximum absolute atomic E-state index is 5.84. The summed E-state index contributed by atoms with van der Waals surface area (Å²) in [6.45, 7) is 3.95. The number of aliphatic imine (C=N–C) groups is 1. The predicted octanol–water partition coefficient (Wildman–Crippen LogP) is 0.437. The maximum atomic E-state index is 5.84. The molecule has 0 amide bonds. The number of rotatable bonds is 4. The molecular weight excluding hydrogens is 190 g/mol. The Morgan fingerprint density at radius 2 is 2.13 bits per heavy atom. The van der Waals surface area contributed by atoms with Gasteiger partial charge in [0.25, 0.3) is 0 Å². The quantitative estimate of drug-likeness (QED) is 0.316. The fraction of sp³-hybridized carbons (Fsp3) is 0.727. The molecule has 2 N–H and O–H groups in total. The highest BCUT2D eigenvalue weighted by Crippen LogP contribution is 1.98. The van der Waals surface area contributed by atoms with Crippen molar-refractivity contribution in [2.24, 2.45) is 10.7 Å².